The van der Waals surface area contributed by atoms with Crippen LogP contribution in [-0.4, -0.2) is 32.3 Å². The standard InChI is InChI=1S/C25H27BrN2O4S/c1-18-4-6-20(7-5-18)16-28(33(30,31)24-14-10-22(26)11-15-24)17-25(29)27-19(2)21-8-12-23(32-3)13-9-21/h4-15,19H,16-17H2,1-3H3,(H,27,29)/t19-/m0/s1. The number of carbonyl (C=O) groups is 1. The van der Waals surface area contributed by atoms with Crippen LogP contribution in [0.1, 0.15) is 29.7 Å². The molecular formula is C25H27BrN2O4S. The molecule has 0 aliphatic rings. The smallest absolute Gasteiger partial charge is 0.243 e. The number of halogens is 1. The summed E-state index contributed by atoms with van der Waals surface area (Å²) >= 11 is 3.33. The maximum atomic E-state index is 13.4. The number of amides is 1. The molecule has 33 heavy (non-hydrogen) atoms. The maximum Gasteiger partial charge on any atom is 0.243 e. The fourth-order valence-electron chi connectivity index (χ4n) is 3.30. The molecule has 3 rings (SSSR count). The van der Waals surface area contributed by atoms with E-state index in [2.05, 4.69) is 21.2 Å². The molecule has 0 aromatic heterocycles. The molecule has 3 aromatic rings. The summed E-state index contributed by atoms with van der Waals surface area (Å²) in [5, 5.41) is 2.90. The van der Waals surface area contributed by atoms with Crippen LogP contribution in [-0.2, 0) is 21.4 Å². The molecule has 0 aliphatic heterocycles. The van der Waals surface area contributed by atoms with Gasteiger partial charge in [-0.2, -0.15) is 4.31 Å². The highest BCUT2D eigenvalue weighted by Gasteiger charge is 2.27. The summed E-state index contributed by atoms with van der Waals surface area (Å²) in [5.41, 5.74) is 2.77. The number of carbonyl (C=O) groups excluding carboxylic acids is 1. The van der Waals surface area contributed by atoms with Gasteiger partial charge in [-0.05, 0) is 61.4 Å². The van der Waals surface area contributed by atoms with Crippen molar-refractivity contribution in [1.29, 1.82) is 0 Å². The second kappa shape index (κ2) is 11.0. The van der Waals surface area contributed by atoms with Crippen molar-refractivity contribution in [3.05, 3.63) is 94.0 Å². The Bertz CT molecular complexity index is 1180. The number of nitrogens with one attached hydrogen (secondary N) is 1. The lowest BCUT2D eigenvalue weighted by atomic mass is 10.1. The number of ether oxygens (including phenoxy) is 1. The average Bonchev–Trinajstić information content (AvgIpc) is 2.80. The highest BCUT2D eigenvalue weighted by molar-refractivity contribution is 9.10. The highest BCUT2D eigenvalue weighted by Crippen LogP contribution is 2.22. The quantitative estimate of drug-likeness (QED) is 0.429. The molecule has 174 valence electrons. The molecule has 0 saturated carbocycles. The molecule has 3 aromatic carbocycles. The van der Waals surface area contributed by atoms with Crippen LogP contribution in [0, 0.1) is 6.92 Å². The number of hydrogen-bond donors (Lipinski definition) is 1. The summed E-state index contributed by atoms with van der Waals surface area (Å²) in [6, 6.07) is 21.1. The van der Waals surface area contributed by atoms with Crippen LogP contribution in [0.4, 0.5) is 0 Å². The van der Waals surface area contributed by atoms with Crippen molar-refractivity contribution in [3.63, 3.8) is 0 Å². The first kappa shape index (κ1) is 25.0. The number of sulfonamides is 1. The second-order valence-electron chi connectivity index (χ2n) is 7.77. The van der Waals surface area contributed by atoms with Gasteiger partial charge in [0.05, 0.1) is 24.6 Å². The monoisotopic (exact) mass is 530 g/mol. The molecule has 1 amide bonds. The molecule has 0 fully saturated rings. The van der Waals surface area contributed by atoms with Crippen molar-refractivity contribution in [1.82, 2.24) is 9.62 Å². The van der Waals surface area contributed by atoms with Gasteiger partial charge in [0.15, 0.2) is 0 Å². The Morgan fingerprint density at radius 3 is 2.18 bits per heavy atom. The first-order valence-electron chi connectivity index (χ1n) is 10.4. The predicted molar refractivity (Wildman–Crippen MR) is 132 cm³/mol. The third-order valence-electron chi connectivity index (χ3n) is 5.24. The lowest BCUT2D eigenvalue weighted by molar-refractivity contribution is -0.122. The van der Waals surface area contributed by atoms with Gasteiger partial charge in [0.25, 0.3) is 0 Å². The van der Waals surface area contributed by atoms with Crippen LogP contribution in [0.2, 0.25) is 0 Å². The third kappa shape index (κ3) is 6.66. The van der Waals surface area contributed by atoms with Gasteiger partial charge in [0.2, 0.25) is 15.9 Å². The number of hydrogen-bond acceptors (Lipinski definition) is 4. The van der Waals surface area contributed by atoms with Crippen molar-refractivity contribution in [2.45, 2.75) is 31.3 Å². The van der Waals surface area contributed by atoms with Gasteiger partial charge in [-0.1, -0.05) is 57.9 Å². The van der Waals surface area contributed by atoms with Crippen LogP contribution >= 0.6 is 15.9 Å². The summed E-state index contributed by atoms with van der Waals surface area (Å²) in [4.78, 5) is 13.0. The fourth-order valence-corrected chi connectivity index (χ4v) is 4.95. The van der Waals surface area contributed by atoms with E-state index in [1.807, 2.05) is 62.4 Å². The van der Waals surface area contributed by atoms with E-state index in [0.717, 1.165) is 26.9 Å². The average molecular weight is 531 g/mol. The minimum atomic E-state index is -3.90. The predicted octanol–water partition coefficient (Wildman–Crippen LogP) is 4.83. The van der Waals surface area contributed by atoms with E-state index in [-0.39, 0.29) is 29.9 Å². The van der Waals surface area contributed by atoms with Crippen LogP contribution < -0.4 is 10.1 Å². The van der Waals surface area contributed by atoms with Crippen molar-refractivity contribution >= 4 is 31.9 Å². The number of aryl methyl sites for hydroxylation is 1. The summed E-state index contributed by atoms with van der Waals surface area (Å²) < 4.78 is 33.9. The largest absolute Gasteiger partial charge is 0.497 e. The molecule has 8 heteroatoms. The zero-order valence-electron chi connectivity index (χ0n) is 18.8. The topological polar surface area (TPSA) is 75.7 Å². The first-order chi connectivity index (χ1) is 15.7. The van der Waals surface area contributed by atoms with Gasteiger partial charge < -0.3 is 10.1 Å². The van der Waals surface area contributed by atoms with E-state index >= 15 is 0 Å². The molecule has 0 heterocycles. The summed E-state index contributed by atoms with van der Waals surface area (Å²) in [5.74, 6) is 0.341. The molecule has 6 nitrogen and oxygen atoms in total. The molecule has 0 saturated heterocycles. The van der Waals surface area contributed by atoms with Gasteiger partial charge in [-0.25, -0.2) is 8.42 Å². The minimum absolute atomic E-state index is 0.0863. The number of nitrogens with zero attached hydrogens (tertiary/aromatic N) is 1. The van der Waals surface area contributed by atoms with E-state index in [1.165, 1.54) is 16.4 Å². The molecule has 0 spiro atoms. The zero-order valence-corrected chi connectivity index (χ0v) is 21.2. The molecule has 0 radical (unpaired) electrons. The SMILES string of the molecule is COc1ccc([C@H](C)NC(=O)CN(Cc2ccc(C)cc2)S(=O)(=O)c2ccc(Br)cc2)cc1. The van der Waals surface area contributed by atoms with Crippen LogP contribution in [0.25, 0.3) is 0 Å². The Kier molecular flexibility index (Phi) is 8.29. The number of methoxy groups -OCH3 is 1. The van der Waals surface area contributed by atoms with Crippen LogP contribution in [0.15, 0.2) is 82.2 Å². The van der Waals surface area contributed by atoms with E-state index in [0.29, 0.717) is 0 Å². The van der Waals surface area contributed by atoms with Crippen LogP contribution in [0.3, 0.4) is 0 Å². The van der Waals surface area contributed by atoms with Crippen molar-refractivity contribution in [3.8, 4) is 5.75 Å². The normalized spacial score (nSPS) is 12.4. The lowest BCUT2D eigenvalue weighted by Crippen LogP contribution is -2.41. The maximum absolute atomic E-state index is 13.4. The number of benzene rings is 3. The lowest BCUT2D eigenvalue weighted by Gasteiger charge is -2.23. The van der Waals surface area contributed by atoms with E-state index in [4.69, 9.17) is 4.74 Å². The highest BCUT2D eigenvalue weighted by atomic mass is 79.9. The molecule has 0 bridgehead atoms. The van der Waals surface area contributed by atoms with E-state index < -0.39 is 10.0 Å². The van der Waals surface area contributed by atoms with Gasteiger partial charge in [-0.3, -0.25) is 4.79 Å². The van der Waals surface area contributed by atoms with E-state index in [1.54, 1.807) is 19.2 Å². The first-order valence-corrected chi connectivity index (χ1v) is 12.7. The van der Waals surface area contributed by atoms with E-state index in [9.17, 15) is 13.2 Å². The van der Waals surface area contributed by atoms with Crippen molar-refractivity contribution in [2.24, 2.45) is 0 Å². The van der Waals surface area contributed by atoms with Gasteiger partial charge in [0.1, 0.15) is 5.75 Å². The molecule has 0 aliphatic carbocycles. The van der Waals surface area contributed by atoms with Gasteiger partial charge >= 0.3 is 0 Å². The Labute approximate surface area is 203 Å². The van der Waals surface area contributed by atoms with Gasteiger partial charge in [0, 0.05) is 11.0 Å². The fraction of sp³-hybridized carbons (Fsp3) is 0.240. The van der Waals surface area contributed by atoms with Crippen molar-refractivity contribution < 1.29 is 17.9 Å². The second-order valence-corrected chi connectivity index (χ2v) is 10.6. The Morgan fingerprint density at radius 2 is 1.61 bits per heavy atom. The van der Waals surface area contributed by atoms with Gasteiger partial charge in [-0.15, -0.1) is 0 Å². The Hall–Kier alpha value is -2.68. The zero-order chi connectivity index (χ0) is 24.0. The summed E-state index contributed by atoms with van der Waals surface area (Å²) in [7, 11) is -2.30. The minimum Gasteiger partial charge on any atom is -0.497 e. The van der Waals surface area contributed by atoms with Crippen molar-refractivity contribution in [2.75, 3.05) is 13.7 Å². The Balaban J connectivity index is 1.81. The van der Waals surface area contributed by atoms with Crippen LogP contribution in [0.5, 0.6) is 5.75 Å². The molecular weight excluding hydrogens is 504 g/mol. The summed E-state index contributed by atoms with van der Waals surface area (Å²) in [6.45, 7) is 3.61. The summed E-state index contributed by atoms with van der Waals surface area (Å²) in [6.07, 6.45) is 0. The third-order valence-corrected chi connectivity index (χ3v) is 7.58. The molecule has 0 unspecified atom stereocenters. The molecule has 1 N–H and O–H groups in total. The molecule has 1 atom stereocenters. The number of rotatable bonds is 9. The Morgan fingerprint density at radius 1 is 1.00 bits per heavy atom.